The highest BCUT2D eigenvalue weighted by molar-refractivity contribution is 7.80. The minimum Gasteiger partial charge on any atom is -0.176 e. The minimum atomic E-state index is 0.599. The van der Waals surface area contributed by atoms with Gasteiger partial charge in [0.2, 0.25) is 0 Å². The molecule has 56 valence electrons. The zero-order valence-corrected chi connectivity index (χ0v) is 7.45. The van der Waals surface area contributed by atoms with E-state index < -0.39 is 0 Å². The summed E-state index contributed by atoms with van der Waals surface area (Å²) in [4.78, 5) is 0. The number of thiol groups is 1. The molecule has 0 radical (unpaired) electrons. The number of hydrogen-bond acceptors (Lipinski definition) is 1. The van der Waals surface area contributed by atoms with Crippen LogP contribution in [0.1, 0.15) is 46.0 Å². The highest BCUT2D eigenvalue weighted by Crippen LogP contribution is 2.08. The van der Waals surface area contributed by atoms with Crippen molar-refractivity contribution in [1.29, 1.82) is 0 Å². The van der Waals surface area contributed by atoms with Crippen LogP contribution in [0.2, 0.25) is 0 Å². The van der Waals surface area contributed by atoms with Crippen LogP contribution >= 0.6 is 12.6 Å². The summed E-state index contributed by atoms with van der Waals surface area (Å²) in [6.45, 7) is 4.40. The lowest BCUT2D eigenvalue weighted by Crippen LogP contribution is -1.89. The van der Waals surface area contributed by atoms with Crippen LogP contribution in [0.3, 0.4) is 0 Å². The number of rotatable bonds is 5. The quantitative estimate of drug-likeness (QED) is 0.446. The Hall–Kier alpha value is 0.350. The van der Waals surface area contributed by atoms with Gasteiger partial charge in [-0.15, -0.1) is 0 Å². The van der Waals surface area contributed by atoms with E-state index in [1.165, 1.54) is 32.1 Å². The van der Waals surface area contributed by atoms with Gasteiger partial charge in [-0.3, -0.25) is 0 Å². The smallest absolute Gasteiger partial charge is 0.00116 e. The average molecular weight is 146 g/mol. The summed E-state index contributed by atoms with van der Waals surface area (Å²) in [5.74, 6) is 0. The fourth-order valence-electron chi connectivity index (χ4n) is 0.867. The third-order valence-electron chi connectivity index (χ3n) is 1.48. The number of unbranched alkanes of at least 4 members (excludes halogenated alkanes) is 3. The fraction of sp³-hybridized carbons (Fsp3) is 1.00. The van der Waals surface area contributed by atoms with E-state index in [9.17, 15) is 0 Å². The van der Waals surface area contributed by atoms with Crippen molar-refractivity contribution in [3.63, 3.8) is 0 Å². The van der Waals surface area contributed by atoms with Crippen molar-refractivity contribution in [1.82, 2.24) is 0 Å². The second kappa shape index (κ2) is 6.47. The van der Waals surface area contributed by atoms with Crippen LogP contribution < -0.4 is 0 Å². The summed E-state index contributed by atoms with van der Waals surface area (Å²) in [6.07, 6.45) is 6.75. The second-order valence-corrected chi connectivity index (χ2v) is 3.58. The molecule has 0 aliphatic heterocycles. The largest absolute Gasteiger partial charge is 0.176 e. The molecule has 0 bridgehead atoms. The molecule has 1 heteroatoms. The van der Waals surface area contributed by atoms with Gasteiger partial charge in [-0.2, -0.15) is 12.6 Å². The van der Waals surface area contributed by atoms with E-state index in [2.05, 4.69) is 26.5 Å². The molecule has 0 aliphatic rings. The summed E-state index contributed by atoms with van der Waals surface area (Å²) in [5.41, 5.74) is 0. The van der Waals surface area contributed by atoms with Crippen molar-refractivity contribution >= 4 is 12.6 Å². The molecule has 0 aromatic heterocycles. The molecule has 0 N–H and O–H groups in total. The molecule has 0 aromatic rings. The summed E-state index contributed by atoms with van der Waals surface area (Å²) < 4.78 is 0. The Kier molecular flexibility index (Phi) is 6.72. The number of hydrogen-bond donors (Lipinski definition) is 1. The molecule has 0 nitrogen and oxygen atoms in total. The zero-order chi connectivity index (χ0) is 7.11. The van der Waals surface area contributed by atoms with Crippen LogP contribution in [0, 0.1) is 0 Å². The summed E-state index contributed by atoms with van der Waals surface area (Å²) in [7, 11) is 0. The molecular weight excluding hydrogens is 128 g/mol. The van der Waals surface area contributed by atoms with E-state index in [4.69, 9.17) is 0 Å². The summed E-state index contributed by atoms with van der Waals surface area (Å²) in [5, 5.41) is 0.599. The van der Waals surface area contributed by atoms with Crippen molar-refractivity contribution in [3.05, 3.63) is 0 Å². The second-order valence-electron chi connectivity index (χ2n) is 2.70. The van der Waals surface area contributed by atoms with Gasteiger partial charge in [-0.1, -0.05) is 39.5 Å². The standard InChI is InChI=1S/C8H18S/c1-3-4-5-6-7-8(2)9/h8-9H,3-7H2,1-2H3/t8-/m1/s1. The first kappa shape index (κ1) is 9.35. The monoisotopic (exact) mass is 146 g/mol. The first-order chi connectivity index (χ1) is 4.27. The van der Waals surface area contributed by atoms with Gasteiger partial charge in [0.05, 0.1) is 0 Å². The lowest BCUT2D eigenvalue weighted by atomic mass is 10.1. The Labute approximate surface area is 64.4 Å². The van der Waals surface area contributed by atoms with Gasteiger partial charge in [-0.05, 0) is 11.7 Å². The highest BCUT2D eigenvalue weighted by Gasteiger charge is 1.92. The van der Waals surface area contributed by atoms with E-state index in [1.807, 2.05) is 0 Å². The van der Waals surface area contributed by atoms with Crippen molar-refractivity contribution in [2.75, 3.05) is 0 Å². The van der Waals surface area contributed by atoms with Gasteiger partial charge in [0.1, 0.15) is 0 Å². The Bertz CT molecular complexity index is 50.5. The molecule has 0 fully saturated rings. The van der Waals surface area contributed by atoms with Gasteiger partial charge in [0, 0.05) is 0 Å². The highest BCUT2D eigenvalue weighted by atomic mass is 32.1. The lowest BCUT2D eigenvalue weighted by molar-refractivity contribution is 0.632. The normalized spacial score (nSPS) is 13.7. The third-order valence-corrected chi connectivity index (χ3v) is 1.73. The molecule has 1 atom stereocenters. The predicted octanol–water partition coefficient (Wildman–Crippen LogP) is 3.28. The molecule has 0 saturated carbocycles. The maximum atomic E-state index is 4.30. The van der Waals surface area contributed by atoms with Gasteiger partial charge in [0.15, 0.2) is 0 Å². The van der Waals surface area contributed by atoms with E-state index in [-0.39, 0.29) is 0 Å². The van der Waals surface area contributed by atoms with Gasteiger partial charge >= 0.3 is 0 Å². The average Bonchev–Trinajstić information content (AvgIpc) is 1.80. The van der Waals surface area contributed by atoms with Gasteiger partial charge in [0.25, 0.3) is 0 Å². The Morgan fingerprint density at radius 3 is 2.33 bits per heavy atom. The molecule has 0 heterocycles. The molecule has 0 amide bonds. The van der Waals surface area contributed by atoms with Crippen molar-refractivity contribution in [3.8, 4) is 0 Å². The van der Waals surface area contributed by atoms with Crippen LogP contribution in [0.25, 0.3) is 0 Å². The first-order valence-electron chi connectivity index (χ1n) is 3.95. The van der Waals surface area contributed by atoms with Crippen molar-refractivity contribution in [2.45, 2.75) is 51.2 Å². The Balaban J connectivity index is 2.75. The van der Waals surface area contributed by atoms with Crippen LogP contribution in [0.5, 0.6) is 0 Å². The molecule has 0 aromatic carbocycles. The van der Waals surface area contributed by atoms with E-state index >= 15 is 0 Å². The van der Waals surface area contributed by atoms with Crippen molar-refractivity contribution in [2.24, 2.45) is 0 Å². The van der Waals surface area contributed by atoms with Crippen LogP contribution in [0.15, 0.2) is 0 Å². The molecule has 0 unspecified atom stereocenters. The fourth-order valence-corrected chi connectivity index (χ4v) is 1.05. The molecule has 0 rings (SSSR count). The lowest BCUT2D eigenvalue weighted by Gasteiger charge is -2.01. The van der Waals surface area contributed by atoms with Crippen molar-refractivity contribution < 1.29 is 0 Å². The Morgan fingerprint density at radius 1 is 1.22 bits per heavy atom. The van der Waals surface area contributed by atoms with Crippen LogP contribution in [-0.2, 0) is 0 Å². The third kappa shape index (κ3) is 8.35. The van der Waals surface area contributed by atoms with E-state index in [0.29, 0.717) is 5.25 Å². The molecule has 0 spiro atoms. The van der Waals surface area contributed by atoms with Gasteiger partial charge < -0.3 is 0 Å². The SMILES string of the molecule is CCCCCC[C@@H](C)S. The van der Waals surface area contributed by atoms with E-state index in [1.54, 1.807) is 0 Å². The Morgan fingerprint density at radius 2 is 1.89 bits per heavy atom. The summed E-state index contributed by atoms with van der Waals surface area (Å²) >= 11 is 4.30. The van der Waals surface area contributed by atoms with E-state index in [0.717, 1.165) is 0 Å². The maximum absolute atomic E-state index is 4.30. The molecule has 0 saturated heterocycles. The van der Waals surface area contributed by atoms with Gasteiger partial charge in [-0.25, -0.2) is 0 Å². The predicted molar refractivity (Wildman–Crippen MR) is 47.2 cm³/mol. The molecule has 9 heavy (non-hydrogen) atoms. The first-order valence-corrected chi connectivity index (χ1v) is 4.47. The molecular formula is C8H18S. The minimum absolute atomic E-state index is 0.599. The molecule has 0 aliphatic carbocycles. The maximum Gasteiger partial charge on any atom is -0.00116 e. The van der Waals surface area contributed by atoms with Crippen LogP contribution in [-0.4, -0.2) is 5.25 Å². The van der Waals surface area contributed by atoms with Crippen LogP contribution in [0.4, 0.5) is 0 Å². The zero-order valence-electron chi connectivity index (χ0n) is 6.56. The topological polar surface area (TPSA) is 0 Å². The summed E-state index contributed by atoms with van der Waals surface area (Å²) in [6, 6.07) is 0.